The molecule has 0 spiro atoms. The smallest absolute Gasteiger partial charge is 0.271 e. The Kier molecular flexibility index (Phi) is 4.52. The van der Waals surface area contributed by atoms with Gasteiger partial charge in [0.25, 0.3) is 5.91 Å². The lowest BCUT2D eigenvalue weighted by atomic mass is 10.2. The zero-order valence-corrected chi connectivity index (χ0v) is 11.5. The molecule has 1 saturated heterocycles. The number of carbonyl (C=O) groups excluding carboxylic acids is 1. The van der Waals surface area contributed by atoms with E-state index >= 15 is 0 Å². The first kappa shape index (κ1) is 13.3. The first-order chi connectivity index (χ1) is 8.72. The van der Waals surface area contributed by atoms with Gasteiger partial charge >= 0.3 is 0 Å². The van der Waals surface area contributed by atoms with Crippen molar-refractivity contribution in [1.82, 2.24) is 15.1 Å². The number of aromatic nitrogens is 2. The zero-order chi connectivity index (χ0) is 13.0. The summed E-state index contributed by atoms with van der Waals surface area (Å²) in [7, 11) is 0. The van der Waals surface area contributed by atoms with Crippen LogP contribution in [0.4, 0.5) is 5.69 Å². The van der Waals surface area contributed by atoms with Crippen LogP contribution in [0.15, 0.2) is 6.20 Å². The third kappa shape index (κ3) is 2.98. The summed E-state index contributed by atoms with van der Waals surface area (Å²) in [6.07, 6.45) is 5.29. The van der Waals surface area contributed by atoms with Gasteiger partial charge in [0, 0.05) is 18.3 Å². The molecule has 2 heterocycles. The Balaban J connectivity index is 1.92. The van der Waals surface area contributed by atoms with Crippen LogP contribution in [-0.4, -0.2) is 33.2 Å². The monoisotopic (exact) mass is 268 g/mol. The van der Waals surface area contributed by atoms with Gasteiger partial charge in [-0.3, -0.25) is 9.48 Å². The van der Waals surface area contributed by atoms with Crippen LogP contribution in [0, 0.1) is 0 Å². The Bertz CT molecular complexity index is 412. The average Bonchev–Trinajstić information content (AvgIpc) is 2.78. The Morgan fingerprint density at radius 2 is 2.50 bits per heavy atom. The van der Waals surface area contributed by atoms with E-state index in [1.54, 1.807) is 4.68 Å². The van der Waals surface area contributed by atoms with E-state index < -0.39 is 0 Å². The van der Waals surface area contributed by atoms with Gasteiger partial charge in [0.2, 0.25) is 0 Å². The van der Waals surface area contributed by atoms with Gasteiger partial charge in [0.15, 0.2) is 0 Å². The number of nitrogen functional groups attached to an aromatic ring is 1. The fraction of sp³-hybridized carbons (Fsp3) is 0.667. The standard InChI is InChI=1S/C12H20N4OS/c1-2-16-11(10(13)8-15-16)12(17)14-7-9-5-3-4-6-18-9/h8-9H,2-7,13H2,1H3,(H,14,17). The number of amides is 1. The molecule has 1 atom stereocenters. The number of aryl methyl sites for hydroxylation is 1. The summed E-state index contributed by atoms with van der Waals surface area (Å²) in [6, 6.07) is 0. The normalized spacial score (nSPS) is 19.7. The van der Waals surface area contributed by atoms with Gasteiger partial charge < -0.3 is 11.1 Å². The highest BCUT2D eigenvalue weighted by atomic mass is 32.2. The first-order valence-corrected chi connectivity index (χ1v) is 7.48. The summed E-state index contributed by atoms with van der Waals surface area (Å²) in [5.41, 5.74) is 6.71. The lowest BCUT2D eigenvalue weighted by Gasteiger charge is -2.21. The van der Waals surface area contributed by atoms with E-state index in [-0.39, 0.29) is 5.91 Å². The molecule has 1 fully saturated rings. The molecule has 1 aromatic heterocycles. The summed E-state index contributed by atoms with van der Waals surface area (Å²) >= 11 is 1.95. The number of hydrogen-bond donors (Lipinski definition) is 2. The van der Waals surface area contributed by atoms with Crippen LogP contribution in [0.2, 0.25) is 0 Å². The van der Waals surface area contributed by atoms with Gasteiger partial charge in [-0.25, -0.2) is 0 Å². The third-order valence-electron chi connectivity index (χ3n) is 3.15. The van der Waals surface area contributed by atoms with Gasteiger partial charge in [0.1, 0.15) is 5.69 Å². The SMILES string of the molecule is CCn1ncc(N)c1C(=O)NCC1CCCCS1. The van der Waals surface area contributed by atoms with Crippen LogP contribution in [0.1, 0.15) is 36.7 Å². The largest absolute Gasteiger partial charge is 0.396 e. The molecule has 3 N–H and O–H groups in total. The maximum atomic E-state index is 12.1. The minimum absolute atomic E-state index is 0.113. The van der Waals surface area contributed by atoms with E-state index in [9.17, 15) is 4.79 Å². The summed E-state index contributed by atoms with van der Waals surface area (Å²) < 4.78 is 1.64. The molecule has 6 heteroatoms. The lowest BCUT2D eigenvalue weighted by Crippen LogP contribution is -2.33. The van der Waals surface area contributed by atoms with Crippen LogP contribution in [0.3, 0.4) is 0 Å². The second-order valence-electron chi connectivity index (χ2n) is 4.46. The first-order valence-electron chi connectivity index (χ1n) is 6.43. The molecule has 1 aromatic rings. The minimum Gasteiger partial charge on any atom is -0.396 e. The highest BCUT2D eigenvalue weighted by molar-refractivity contribution is 7.99. The van der Waals surface area contributed by atoms with Crippen molar-refractivity contribution in [3.63, 3.8) is 0 Å². The minimum atomic E-state index is -0.113. The topological polar surface area (TPSA) is 72.9 Å². The van der Waals surface area contributed by atoms with E-state index in [0.717, 1.165) is 6.54 Å². The number of thioether (sulfide) groups is 1. The number of nitrogens with two attached hydrogens (primary N) is 1. The van der Waals surface area contributed by atoms with Crippen molar-refractivity contribution in [2.45, 2.75) is 38.0 Å². The van der Waals surface area contributed by atoms with Crippen LogP contribution < -0.4 is 11.1 Å². The highest BCUT2D eigenvalue weighted by Gasteiger charge is 2.19. The molecular weight excluding hydrogens is 248 g/mol. The van der Waals surface area contributed by atoms with E-state index in [1.807, 2.05) is 18.7 Å². The predicted octanol–water partition coefficient (Wildman–Crippen LogP) is 1.50. The molecule has 0 bridgehead atoms. The second-order valence-corrected chi connectivity index (χ2v) is 5.87. The van der Waals surface area contributed by atoms with Crippen molar-refractivity contribution in [3.8, 4) is 0 Å². The molecule has 100 valence electrons. The van der Waals surface area contributed by atoms with Gasteiger partial charge in [-0.05, 0) is 25.5 Å². The van der Waals surface area contributed by atoms with Crippen molar-refractivity contribution in [2.24, 2.45) is 0 Å². The molecular formula is C12H20N4OS. The molecule has 1 unspecified atom stereocenters. The van der Waals surface area contributed by atoms with E-state index in [1.165, 1.54) is 31.2 Å². The van der Waals surface area contributed by atoms with Crippen molar-refractivity contribution in [3.05, 3.63) is 11.9 Å². The average molecular weight is 268 g/mol. The molecule has 0 aromatic carbocycles. The maximum absolute atomic E-state index is 12.1. The van der Waals surface area contributed by atoms with Gasteiger partial charge in [-0.2, -0.15) is 16.9 Å². The summed E-state index contributed by atoms with van der Waals surface area (Å²) in [4.78, 5) is 12.1. The lowest BCUT2D eigenvalue weighted by molar-refractivity contribution is 0.0943. The Labute approximate surface area is 111 Å². The number of nitrogens with zero attached hydrogens (tertiary/aromatic N) is 2. The molecule has 0 radical (unpaired) electrons. The summed E-state index contributed by atoms with van der Waals surface area (Å²) in [5.74, 6) is 1.09. The Morgan fingerprint density at radius 3 is 3.17 bits per heavy atom. The fourth-order valence-corrected chi connectivity index (χ4v) is 3.39. The van der Waals surface area contributed by atoms with Crippen molar-refractivity contribution >= 4 is 23.4 Å². The van der Waals surface area contributed by atoms with Gasteiger partial charge in [-0.1, -0.05) is 6.42 Å². The van der Waals surface area contributed by atoms with Crippen molar-refractivity contribution in [1.29, 1.82) is 0 Å². The third-order valence-corrected chi connectivity index (χ3v) is 4.54. The number of rotatable bonds is 4. The summed E-state index contributed by atoms with van der Waals surface area (Å²) in [6.45, 7) is 3.32. The molecule has 1 amide bonds. The molecule has 1 aliphatic heterocycles. The molecule has 0 saturated carbocycles. The zero-order valence-electron chi connectivity index (χ0n) is 10.7. The Hall–Kier alpha value is -1.17. The number of anilines is 1. The molecule has 18 heavy (non-hydrogen) atoms. The van der Waals surface area contributed by atoms with Crippen LogP contribution in [-0.2, 0) is 6.54 Å². The van der Waals surface area contributed by atoms with Crippen molar-refractivity contribution < 1.29 is 4.79 Å². The Morgan fingerprint density at radius 1 is 1.67 bits per heavy atom. The fourth-order valence-electron chi connectivity index (χ4n) is 2.15. The molecule has 5 nitrogen and oxygen atoms in total. The predicted molar refractivity (Wildman–Crippen MR) is 74.7 cm³/mol. The maximum Gasteiger partial charge on any atom is 0.271 e. The second kappa shape index (κ2) is 6.13. The quantitative estimate of drug-likeness (QED) is 0.868. The van der Waals surface area contributed by atoms with E-state index in [0.29, 0.717) is 23.2 Å². The number of nitrogens with one attached hydrogen (secondary N) is 1. The van der Waals surface area contributed by atoms with Crippen LogP contribution in [0.5, 0.6) is 0 Å². The van der Waals surface area contributed by atoms with Crippen molar-refractivity contribution in [2.75, 3.05) is 18.0 Å². The number of carbonyl (C=O) groups is 1. The van der Waals surface area contributed by atoms with Crippen LogP contribution in [0.25, 0.3) is 0 Å². The van der Waals surface area contributed by atoms with E-state index in [2.05, 4.69) is 10.4 Å². The van der Waals surface area contributed by atoms with Crippen LogP contribution >= 0.6 is 11.8 Å². The molecule has 2 rings (SSSR count). The highest BCUT2D eigenvalue weighted by Crippen LogP contribution is 2.24. The summed E-state index contributed by atoms with van der Waals surface area (Å²) in [5, 5.41) is 7.59. The van der Waals surface area contributed by atoms with Gasteiger partial charge in [-0.15, -0.1) is 0 Å². The number of hydrogen-bond acceptors (Lipinski definition) is 4. The van der Waals surface area contributed by atoms with Gasteiger partial charge in [0.05, 0.1) is 11.9 Å². The van der Waals surface area contributed by atoms with E-state index in [4.69, 9.17) is 5.73 Å². The molecule has 1 aliphatic rings. The molecule has 0 aliphatic carbocycles.